The minimum atomic E-state index is -4.16. The number of nitrogens with one attached hydrogen (secondary N) is 1. The van der Waals surface area contributed by atoms with Crippen molar-refractivity contribution in [3.63, 3.8) is 0 Å². The number of thioether (sulfide) groups is 1. The highest BCUT2D eigenvalue weighted by Crippen LogP contribution is 2.29. The van der Waals surface area contributed by atoms with Gasteiger partial charge in [0.25, 0.3) is 0 Å². The molecule has 0 amide bonds. The first-order valence-corrected chi connectivity index (χ1v) is 7.22. The van der Waals surface area contributed by atoms with Crippen LogP contribution in [-0.4, -0.2) is 24.2 Å². The highest BCUT2D eigenvalue weighted by atomic mass is 32.2. The van der Waals surface area contributed by atoms with Crippen molar-refractivity contribution in [2.45, 2.75) is 18.6 Å². The van der Waals surface area contributed by atoms with E-state index in [-0.39, 0.29) is 0 Å². The fraction of sp³-hybridized carbons (Fsp3) is 0.429. The lowest BCUT2D eigenvalue weighted by molar-refractivity contribution is -0.140. The molecule has 1 aromatic carbocycles. The van der Waals surface area contributed by atoms with E-state index in [0.717, 1.165) is 11.5 Å². The molecule has 0 spiro atoms. The summed E-state index contributed by atoms with van der Waals surface area (Å²) in [5.41, 5.74) is 0.675. The van der Waals surface area contributed by atoms with E-state index in [1.54, 1.807) is 48.2 Å². The molecule has 1 unspecified atom stereocenters. The van der Waals surface area contributed by atoms with Gasteiger partial charge in [0.2, 0.25) is 0 Å². The molecule has 0 saturated carbocycles. The normalized spacial score (nSPS) is 13.2. The van der Waals surface area contributed by atoms with Crippen LogP contribution in [-0.2, 0) is 0 Å². The van der Waals surface area contributed by atoms with Gasteiger partial charge >= 0.3 is 6.18 Å². The second-order valence-corrected chi connectivity index (χ2v) is 5.25. The van der Waals surface area contributed by atoms with Crippen molar-refractivity contribution in [3.8, 4) is 0 Å². The number of hydrogen-bond acceptors (Lipinski definition) is 2. The summed E-state index contributed by atoms with van der Waals surface area (Å²) in [5, 5.41) is 2.98. The lowest BCUT2D eigenvalue weighted by Gasteiger charge is -2.20. The van der Waals surface area contributed by atoms with E-state index in [9.17, 15) is 13.2 Å². The first kappa shape index (κ1) is 16.1. The molecule has 0 heterocycles. The highest BCUT2D eigenvalue weighted by molar-refractivity contribution is 7.99. The van der Waals surface area contributed by atoms with Crippen molar-refractivity contribution < 1.29 is 13.2 Å². The molecule has 1 atom stereocenters. The zero-order valence-corrected chi connectivity index (χ0v) is 11.4. The first-order valence-electron chi connectivity index (χ1n) is 6.06. The largest absolute Gasteiger partial charge is 0.390 e. The van der Waals surface area contributed by atoms with Gasteiger partial charge in [0.1, 0.15) is 0 Å². The maximum Gasteiger partial charge on any atom is 0.390 e. The molecule has 1 aromatic rings. The summed E-state index contributed by atoms with van der Waals surface area (Å²) < 4.78 is 37.7. The maximum absolute atomic E-state index is 12.6. The predicted molar refractivity (Wildman–Crippen MR) is 75.4 cm³/mol. The van der Waals surface area contributed by atoms with E-state index >= 15 is 0 Å². The fourth-order valence-corrected chi connectivity index (χ4v) is 2.29. The minimum Gasteiger partial charge on any atom is -0.309 e. The Morgan fingerprint density at radius 2 is 1.95 bits per heavy atom. The van der Waals surface area contributed by atoms with Crippen LogP contribution in [0, 0.1) is 0 Å². The van der Waals surface area contributed by atoms with Crippen molar-refractivity contribution in [3.05, 3.63) is 48.6 Å². The average molecular weight is 289 g/mol. The van der Waals surface area contributed by atoms with Crippen molar-refractivity contribution in [1.82, 2.24) is 5.32 Å². The van der Waals surface area contributed by atoms with Gasteiger partial charge in [0, 0.05) is 24.1 Å². The van der Waals surface area contributed by atoms with Gasteiger partial charge in [0.15, 0.2) is 0 Å². The molecule has 0 saturated heterocycles. The SMILES string of the molecule is C=CCSCCNC(CC(F)(F)F)c1ccccc1. The molecule has 1 rings (SSSR count). The first-order chi connectivity index (χ1) is 9.03. The summed E-state index contributed by atoms with van der Waals surface area (Å²) in [6, 6.07) is 8.08. The molecule has 0 aliphatic heterocycles. The lowest BCUT2D eigenvalue weighted by Crippen LogP contribution is -2.28. The molecular weight excluding hydrogens is 271 g/mol. The van der Waals surface area contributed by atoms with E-state index in [1.165, 1.54) is 0 Å². The van der Waals surface area contributed by atoms with E-state index in [0.29, 0.717) is 12.1 Å². The Balaban J connectivity index is 2.53. The Bertz CT molecular complexity index is 365. The zero-order valence-electron chi connectivity index (χ0n) is 10.6. The quantitative estimate of drug-likeness (QED) is 0.569. The van der Waals surface area contributed by atoms with E-state index < -0.39 is 18.6 Å². The molecule has 0 bridgehead atoms. The topological polar surface area (TPSA) is 12.0 Å². The minimum absolute atomic E-state index is 0.550. The summed E-state index contributed by atoms with van der Waals surface area (Å²) in [4.78, 5) is 0. The van der Waals surface area contributed by atoms with Gasteiger partial charge in [-0.15, -0.1) is 6.58 Å². The van der Waals surface area contributed by atoms with Gasteiger partial charge in [-0.1, -0.05) is 36.4 Å². The van der Waals surface area contributed by atoms with Crippen LogP contribution in [0.4, 0.5) is 13.2 Å². The number of halogens is 3. The number of benzene rings is 1. The Morgan fingerprint density at radius 1 is 1.26 bits per heavy atom. The van der Waals surface area contributed by atoms with Crippen LogP contribution >= 0.6 is 11.8 Å². The van der Waals surface area contributed by atoms with Crippen molar-refractivity contribution in [2.75, 3.05) is 18.1 Å². The van der Waals surface area contributed by atoms with Gasteiger partial charge in [-0.25, -0.2) is 0 Å². The molecule has 0 aliphatic rings. The summed E-state index contributed by atoms with van der Waals surface area (Å²) in [5.74, 6) is 1.59. The second kappa shape index (κ2) is 8.27. The summed E-state index contributed by atoms with van der Waals surface area (Å²) in [7, 11) is 0. The standard InChI is InChI=1S/C14H18F3NS/c1-2-9-19-10-8-18-13(11-14(15,16)17)12-6-4-3-5-7-12/h2-7,13,18H,1,8-11H2. The van der Waals surface area contributed by atoms with E-state index in [4.69, 9.17) is 0 Å². The molecule has 1 N–H and O–H groups in total. The Morgan fingerprint density at radius 3 is 2.53 bits per heavy atom. The Labute approximate surface area is 116 Å². The number of rotatable bonds is 8. The van der Waals surface area contributed by atoms with Crippen LogP contribution in [0.3, 0.4) is 0 Å². The molecule has 0 radical (unpaired) electrons. The molecule has 1 nitrogen and oxygen atoms in total. The predicted octanol–water partition coefficient (Wildman–Crippen LogP) is 4.19. The molecule has 0 aliphatic carbocycles. The molecule has 19 heavy (non-hydrogen) atoms. The zero-order chi connectivity index (χ0) is 14.1. The van der Waals surface area contributed by atoms with Gasteiger partial charge in [0.05, 0.1) is 6.42 Å². The summed E-state index contributed by atoms with van der Waals surface area (Å²) in [6.07, 6.45) is -3.22. The van der Waals surface area contributed by atoms with Crippen LogP contribution in [0.25, 0.3) is 0 Å². The monoisotopic (exact) mass is 289 g/mol. The summed E-state index contributed by atoms with van der Waals surface area (Å²) in [6.45, 7) is 4.15. The maximum atomic E-state index is 12.6. The van der Waals surface area contributed by atoms with Crippen molar-refractivity contribution >= 4 is 11.8 Å². The highest BCUT2D eigenvalue weighted by Gasteiger charge is 2.32. The van der Waals surface area contributed by atoms with Gasteiger partial charge < -0.3 is 5.32 Å². The van der Waals surface area contributed by atoms with Crippen molar-refractivity contribution in [1.29, 1.82) is 0 Å². The summed E-state index contributed by atoms with van der Waals surface area (Å²) >= 11 is 1.65. The molecule has 0 fully saturated rings. The fourth-order valence-electron chi connectivity index (χ4n) is 1.70. The molecule has 5 heteroatoms. The van der Waals surface area contributed by atoms with Crippen LogP contribution < -0.4 is 5.32 Å². The third-order valence-electron chi connectivity index (χ3n) is 2.51. The smallest absolute Gasteiger partial charge is 0.309 e. The van der Waals surface area contributed by atoms with Crippen LogP contribution in [0.15, 0.2) is 43.0 Å². The number of alkyl halides is 3. The second-order valence-electron chi connectivity index (χ2n) is 4.10. The van der Waals surface area contributed by atoms with Gasteiger partial charge in [-0.3, -0.25) is 0 Å². The molecular formula is C14H18F3NS. The van der Waals surface area contributed by atoms with Crippen LogP contribution in [0.5, 0.6) is 0 Å². The van der Waals surface area contributed by atoms with Crippen LogP contribution in [0.2, 0.25) is 0 Å². The van der Waals surface area contributed by atoms with E-state index in [2.05, 4.69) is 11.9 Å². The third kappa shape index (κ3) is 7.28. The average Bonchev–Trinajstić information content (AvgIpc) is 2.37. The third-order valence-corrected chi connectivity index (χ3v) is 3.47. The Hall–Kier alpha value is -0.940. The van der Waals surface area contributed by atoms with Gasteiger partial charge in [-0.2, -0.15) is 24.9 Å². The molecule has 106 valence electrons. The van der Waals surface area contributed by atoms with Crippen LogP contribution in [0.1, 0.15) is 18.0 Å². The Kier molecular flexibility index (Phi) is 7.02. The van der Waals surface area contributed by atoms with E-state index in [1.807, 2.05) is 0 Å². The number of hydrogen-bond donors (Lipinski definition) is 1. The lowest BCUT2D eigenvalue weighted by atomic mass is 10.0. The van der Waals surface area contributed by atoms with Gasteiger partial charge in [-0.05, 0) is 5.56 Å². The molecule has 0 aromatic heterocycles. The van der Waals surface area contributed by atoms with Crippen molar-refractivity contribution in [2.24, 2.45) is 0 Å².